The highest BCUT2D eigenvalue weighted by atomic mass is 16.2. The van der Waals surface area contributed by atoms with Gasteiger partial charge < -0.3 is 10.2 Å². The summed E-state index contributed by atoms with van der Waals surface area (Å²) in [6.07, 6.45) is 4.75. The van der Waals surface area contributed by atoms with Crippen LogP contribution in [-0.2, 0) is 4.79 Å². The van der Waals surface area contributed by atoms with Crippen LogP contribution in [-0.4, -0.2) is 19.0 Å². The van der Waals surface area contributed by atoms with Crippen molar-refractivity contribution < 1.29 is 4.79 Å². The smallest absolute Gasteiger partial charge is 0.223 e. The highest BCUT2D eigenvalue weighted by Crippen LogP contribution is 2.30. The zero-order valence-corrected chi connectivity index (χ0v) is 13.1. The number of carbonyl (C=O) groups is 1. The molecule has 0 aromatic heterocycles. The number of hydrogen-bond donors (Lipinski definition) is 1. The highest BCUT2D eigenvalue weighted by Gasteiger charge is 2.30. The molecule has 1 aromatic carbocycles. The lowest BCUT2D eigenvalue weighted by Gasteiger charge is -2.33. The molecule has 1 heterocycles. The van der Waals surface area contributed by atoms with Gasteiger partial charge in [0.2, 0.25) is 5.91 Å². The lowest BCUT2D eigenvalue weighted by atomic mass is 9.99. The van der Waals surface area contributed by atoms with Gasteiger partial charge in [0.1, 0.15) is 0 Å². The molecule has 0 unspecified atom stereocenters. The molecule has 1 N–H and O–H groups in total. The lowest BCUT2D eigenvalue weighted by Crippen LogP contribution is -2.34. The van der Waals surface area contributed by atoms with Crippen LogP contribution in [0.5, 0.6) is 0 Å². The molecule has 2 aliphatic rings. The molecule has 114 valence electrons. The fourth-order valence-electron chi connectivity index (χ4n) is 3.16. The third-order valence-corrected chi connectivity index (χ3v) is 4.72. The zero-order valence-electron chi connectivity index (χ0n) is 13.1. The van der Waals surface area contributed by atoms with Crippen LogP contribution in [0.4, 0.5) is 5.69 Å². The summed E-state index contributed by atoms with van der Waals surface area (Å²) in [4.78, 5) is 14.3. The van der Waals surface area contributed by atoms with E-state index in [1.165, 1.54) is 24.1 Å². The third-order valence-electron chi connectivity index (χ3n) is 4.72. The Morgan fingerprint density at radius 2 is 1.95 bits per heavy atom. The van der Waals surface area contributed by atoms with Crippen LogP contribution in [0.3, 0.4) is 0 Å². The molecule has 1 saturated carbocycles. The Bertz CT molecular complexity index is 492. The Balaban J connectivity index is 1.61. The Morgan fingerprint density at radius 1 is 1.24 bits per heavy atom. The number of rotatable bonds is 4. The van der Waals surface area contributed by atoms with Gasteiger partial charge in [0.25, 0.3) is 0 Å². The Hall–Kier alpha value is -1.51. The predicted molar refractivity (Wildman–Crippen MR) is 86.3 cm³/mol. The van der Waals surface area contributed by atoms with Gasteiger partial charge in [-0.2, -0.15) is 0 Å². The minimum Gasteiger partial charge on any atom is -0.371 e. The van der Waals surface area contributed by atoms with Gasteiger partial charge in [-0.1, -0.05) is 19.1 Å². The summed E-state index contributed by atoms with van der Waals surface area (Å²) in [7, 11) is 0. The van der Waals surface area contributed by atoms with Gasteiger partial charge in [-0.05, 0) is 56.2 Å². The van der Waals surface area contributed by atoms with Crippen molar-refractivity contribution in [1.29, 1.82) is 0 Å². The summed E-state index contributed by atoms with van der Waals surface area (Å²) in [5.74, 6) is 1.29. The Labute approximate surface area is 127 Å². The Kier molecular flexibility index (Phi) is 4.18. The average molecular weight is 286 g/mol. The number of hydrogen-bond acceptors (Lipinski definition) is 2. The maximum Gasteiger partial charge on any atom is 0.223 e. The van der Waals surface area contributed by atoms with E-state index in [0.29, 0.717) is 0 Å². The summed E-state index contributed by atoms with van der Waals surface area (Å²) in [6, 6.07) is 8.83. The molecule has 3 nitrogen and oxygen atoms in total. The molecule has 1 aromatic rings. The number of amides is 1. The second-order valence-corrected chi connectivity index (χ2v) is 6.79. The first-order valence-electron chi connectivity index (χ1n) is 8.29. The maximum absolute atomic E-state index is 11.8. The van der Waals surface area contributed by atoms with Gasteiger partial charge in [-0.15, -0.1) is 0 Å². The molecule has 1 saturated heterocycles. The molecule has 21 heavy (non-hydrogen) atoms. The van der Waals surface area contributed by atoms with Crippen molar-refractivity contribution >= 4 is 11.6 Å². The molecule has 0 bridgehead atoms. The fraction of sp³-hybridized carbons (Fsp3) is 0.611. The quantitative estimate of drug-likeness (QED) is 0.918. The molecule has 1 aliphatic heterocycles. The molecular formula is C18H26N2O. The van der Waals surface area contributed by atoms with Crippen LogP contribution in [0, 0.1) is 11.8 Å². The predicted octanol–water partition coefficient (Wildman–Crippen LogP) is 3.51. The van der Waals surface area contributed by atoms with E-state index in [1.807, 2.05) is 0 Å². The molecule has 1 amide bonds. The van der Waals surface area contributed by atoms with Gasteiger partial charge >= 0.3 is 0 Å². The average Bonchev–Trinajstić information content (AvgIpc) is 3.32. The maximum atomic E-state index is 11.8. The first kappa shape index (κ1) is 14.4. The van der Waals surface area contributed by atoms with E-state index in [4.69, 9.17) is 0 Å². The number of piperidine rings is 1. The van der Waals surface area contributed by atoms with E-state index in [2.05, 4.69) is 48.3 Å². The standard InChI is InChI=1S/C18H26N2O/c1-13-4-3-11-20(12-13)17-9-7-15(8-10-17)14(2)19-18(21)16-5-6-16/h7-10,13-14,16H,3-6,11-12H2,1-2H3,(H,19,21)/t13-,14-/m1/s1. The van der Waals surface area contributed by atoms with Crippen molar-refractivity contribution in [2.75, 3.05) is 18.0 Å². The van der Waals surface area contributed by atoms with Gasteiger partial charge in [0.05, 0.1) is 6.04 Å². The number of benzene rings is 1. The van der Waals surface area contributed by atoms with Crippen molar-refractivity contribution in [2.24, 2.45) is 11.8 Å². The normalized spacial score (nSPS) is 23.7. The van der Waals surface area contributed by atoms with E-state index < -0.39 is 0 Å². The SMILES string of the molecule is C[C@@H]1CCCN(c2ccc([C@@H](C)NC(=O)C3CC3)cc2)C1. The Morgan fingerprint density at radius 3 is 2.57 bits per heavy atom. The van der Waals surface area contributed by atoms with E-state index in [-0.39, 0.29) is 17.9 Å². The molecule has 2 fully saturated rings. The van der Waals surface area contributed by atoms with E-state index in [1.54, 1.807) is 0 Å². The topological polar surface area (TPSA) is 32.3 Å². The first-order valence-corrected chi connectivity index (χ1v) is 8.29. The summed E-state index contributed by atoms with van der Waals surface area (Å²) >= 11 is 0. The minimum atomic E-state index is 0.104. The number of carbonyl (C=O) groups excluding carboxylic acids is 1. The van der Waals surface area contributed by atoms with Crippen molar-refractivity contribution in [3.05, 3.63) is 29.8 Å². The summed E-state index contributed by atoms with van der Waals surface area (Å²) in [6.45, 7) is 6.72. The monoisotopic (exact) mass is 286 g/mol. The summed E-state index contributed by atoms with van der Waals surface area (Å²) in [5.41, 5.74) is 2.50. The van der Waals surface area contributed by atoms with Crippen LogP contribution >= 0.6 is 0 Å². The first-order chi connectivity index (χ1) is 10.1. The molecule has 0 spiro atoms. The molecule has 3 rings (SSSR count). The van der Waals surface area contributed by atoms with Crippen molar-refractivity contribution in [3.8, 4) is 0 Å². The van der Waals surface area contributed by atoms with Crippen molar-refractivity contribution in [1.82, 2.24) is 5.32 Å². The molecular weight excluding hydrogens is 260 g/mol. The van der Waals surface area contributed by atoms with E-state index in [9.17, 15) is 4.79 Å². The van der Waals surface area contributed by atoms with Crippen molar-refractivity contribution in [3.63, 3.8) is 0 Å². The van der Waals surface area contributed by atoms with E-state index in [0.717, 1.165) is 31.8 Å². The van der Waals surface area contributed by atoms with Gasteiger partial charge in [0, 0.05) is 24.7 Å². The largest absolute Gasteiger partial charge is 0.371 e. The van der Waals surface area contributed by atoms with Crippen LogP contribution < -0.4 is 10.2 Å². The van der Waals surface area contributed by atoms with Crippen LogP contribution in [0.2, 0.25) is 0 Å². The van der Waals surface area contributed by atoms with Crippen molar-refractivity contribution in [2.45, 2.75) is 45.6 Å². The number of nitrogens with one attached hydrogen (secondary N) is 1. The van der Waals surface area contributed by atoms with E-state index >= 15 is 0 Å². The summed E-state index contributed by atoms with van der Waals surface area (Å²) in [5, 5.41) is 3.11. The van der Waals surface area contributed by atoms with Gasteiger partial charge in [-0.3, -0.25) is 4.79 Å². The fourth-order valence-corrected chi connectivity index (χ4v) is 3.16. The van der Waals surface area contributed by atoms with Gasteiger partial charge in [-0.25, -0.2) is 0 Å². The van der Waals surface area contributed by atoms with Crippen LogP contribution in [0.25, 0.3) is 0 Å². The summed E-state index contributed by atoms with van der Waals surface area (Å²) < 4.78 is 0. The molecule has 3 heteroatoms. The minimum absolute atomic E-state index is 0.104. The van der Waals surface area contributed by atoms with Gasteiger partial charge in [0.15, 0.2) is 0 Å². The molecule has 2 atom stereocenters. The molecule has 1 aliphatic carbocycles. The van der Waals surface area contributed by atoms with Crippen LogP contribution in [0.1, 0.15) is 51.1 Å². The zero-order chi connectivity index (χ0) is 14.8. The third kappa shape index (κ3) is 3.58. The second-order valence-electron chi connectivity index (χ2n) is 6.79. The number of nitrogens with zero attached hydrogens (tertiary/aromatic N) is 1. The highest BCUT2D eigenvalue weighted by molar-refractivity contribution is 5.81. The van der Waals surface area contributed by atoms with Crippen LogP contribution in [0.15, 0.2) is 24.3 Å². The number of anilines is 1. The second kappa shape index (κ2) is 6.08. The lowest BCUT2D eigenvalue weighted by molar-refractivity contribution is -0.122. The molecule has 0 radical (unpaired) electrons.